The second-order valence-corrected chi connectivity index (χ2v) is 6.93. The summed E-state index contributed by atoms with van der Waals surface area (Å²) in [7, 11) is 3.77. The lowest BCUT2D eigenvalue weighted by Crippen LogP contribution is -2.38. The van der Waals surface area contributed by atoms with Crippen molar-refractivity contribution in [3.8, 4) is 22.9 Å². The summed E-state index contributed by atoms with van der Waals surface area (Å²) < 4.78 is 5.55. The number of methoxy groups -OCH3 is 1. The van der Waals surface area contributed by atoms with Gasteiger partial charge in [-0.05, 0) is 68.1 Å². The van der Waals surface area contributed by atoms with Gasteiger partial charge in [-0.2, -0.15) is 5.26 Å². The van der Waals surface area contributed by atoms with Gasteiger partial charge in [0.2, 0.25) is 0 Å². The summed E-state index contributed by atoms with van der Waals surface area (Å²) in [5.41, 5.74) is 4.11. The summed E-state index contributed by atoms with van der Waals surface area (Å²) >= 11 is 0. The summed E-state index contributed by atoms with van der Waals surface area (Å²) in [6.07, 6.45) is 4.89. The van der Waals surface area contributed by atoms with E-state index in [9.17, 15) is 0 Å². The molecule has 27 heavy (non-hydrogen) atoms. The molecule has 2 aromatic carbocycles. The van der Waals surface area contributed by atoms with Crippen LogP contribution in [-0.4, -0.2) is 26.2 Å². The first kappa shape index (κ1) is 21.2. The lowest BCUT2D eigenvalue weighted by Gasteiger charge is -2.29. The number of rotatable bonds is 6. The third-order valence-corrected chi connectivity index (χ3v) is 5.34. The van der Waals surface area contributed by atoms with Gasteiger partial charge in [0, 0.05) is 24.2 Å². The van der Waals surface area contributed by atoms with Crippen LogP contribution in [0.3, 0.4) is 0 Å². The van der Waals surface area contributed by atoms with Crippen molar-refractivity contribution in [3.05, 3.63) is 53.6 Å². The number of halogens is 1. The summed E-state index contributed by atoms with van der Waals surface area (Å²) in [5.74, 6) is 0.916. The van der Waals surface area contributed by atoms with Gasteiger partial charge in [0.25, 0.3) is 0 Å². The second kappa shape index (κ2) is 10.3. The Morgan fingerprint density at radius 1 is 1.00 bits per heavy atom. The highest BCUT2D eigenvalue weighted by molar-refractivity contribution is 5.85. The number of ether oxygens (including phenoxy) is 1. The molecule has 1 saturated carbocycles. The van der Waals surface area contributed by atoms with Crippen LogP contribution < -0.4 is 15.4 Å². The van der Waals surface area contributed by atoms with Gasteiger partial charge in [-0.15, -0.1) is 12.4 Å². The quantitative estimate of drug-likeness (QED) is 0.779. The molecule has 0 atom stereocenters. The van der Waals surface area contributed by atoms with Gasteiger partial charge in [-0.1, -0.05) is 18.2 Å². The molecule has 144 valence electrons. The standard InChI is InChI=1S/C22H27N3O.ClH/c1-24-20-8-10-21(11-9-20)25-15-19-13-18(7-12-22(19)26-2)17-5-3-16(14-23)4-6-17;/h3-7,12-13,20-21,24-25H,8-11,15H2,1-2H3;1H. The summed E-state index contributed by atoms with van der Waals surface area (Å²) in [6, 6.07) is 17.4. The van der Waals surface area contributed by atoms with Gasteiger partial charge in [-0.25, -0.2) is 0 Å². The van der Waals surface area contributed by atoms with E-state index in [0.717, 1.165) is 23.4 Å². The van der Waals surface area contributed by atoms with E-state index in [4.69, 9.17) is 10.00 Å². The fourth-order valence-corrected chi connectivity index (χ4v) is 3.67. The SMILES string of the molecule is CNC1CCC(NCc2cc(-c3ccc(C#N)cc3)ccc2OC)CC1.Cl. The zero-order valence-electron chi connectivity index (χ0n) is 16.0. The van der Waals surface area contributed by atoms with Gasteiger partial charge in [0.1, 0.15) is 5.75 Å². The maximum Gasteiger partial charge on any atom is 0.123 e. The number of nitrogens with one attached hydrogen (secondary N) is 2. The number of hydrogen-bond donors (Lipinski definition) is 2. The van der Waals surface area contributed by atoms with Crippen molar-refractivity contribution in [1.29, 1.82) is 5.26 Å². The maximum atomic E-state index is 8.96. The first-order valence-corrected chi connectivity index (χ1v) is 9.31. The van der Waals surface area contributed by atoms with Crippen LogP contribution in [0.25, 0.3) is 11.1 Å². The molecule has 2 aromatic rings. The molecule has 0 saturated heterocycles. The third kappa shape index (κ3) is 5.46. The van der Waals surface area contributed by atoms with E-state index in [1.165, 1.54) is 31.2 Å². The molecular formula is C22H28ClN3O. The molecule has 1 aliphatic rings. The Morgan fingerprint density at radius 3 is 2.22 bits per heavy atom. The van der Waals surface area contributed by atoms with Crippen molar-refractivity contribution in [2.45, 2.75) is 44.3 Å². The largest absolute Gasteiger partial charge is 0.496 e. The average molecular weight is 386 g/mol. The van der Waals surface area contributed by atoms with E-state index in [1.807, 2.05) is 30.3 Å². The molecule has 0 aromatic heterocycles. The van der Waals surface area contributed by atoms with Crippen LogP contribution in [0.5, 0.6) is 5.75 Å². The van der Waals surface area contributed by atoms with Gasteiger partial charge in [-0.3, -0.25) is 0 Å². The number of hydrogen-bond acceptors (Lipinski definition) is 4. The molecule has 3 rings (SSSR count). The van der Waals surface area contributed by atoms with Crippen molar-refractivity contribution < 1.29 is 4.74 Å². The van der Waals surface area contributed by atoms with E-state index in [0.29, 0.717) is 17.6 Å². The Hall–Kier alpha value is -2.06. The second-order valence-electron chi connectivity index (χ2n) is 6.93. The fraction of sp³-hybridized carbons (Fsp3) is 0.409. The summed E-state index contributed by atoms with van der Waals surface area (Å²) in [6.45, 7) is 0.808. The Bertz CT molecular complexity index is 762. The minimum absolute atomic E-state index is 0. The van der Waals surface area contributed by atoms with Crippen LogP contribution in [0.15, 0.2) is 42.5 Å². The van der Waals surface area contributed by atoms with E-state index in [-0.39, 0.29) is 12.4 Å². The molecule has 0 radical (unpaired) electrons. The van der Waals surface area contributed by atoms with Crippen LogP contribution in [0.4, 0.5) is 0 Å². The lowest BCUT2D eigenvalue weighted by molar-refractivity contribution is 0.315. The van der Waals surface area contributed by atoms with Crippen molar-refractivity contribution >= 4 is 12.4 Å². The molecule has 1 fully saturated rings. The Morgan fingerprint density at radius 2 is 1.63 bits per heavy atom. The van der Waals surface area contributed by atoms with Crippen molar-refractivity contribution in [3.63, 3.8) is 0 Å². The predicted octanol–water partition coefficient (Wildman–Crippen LogP) is 4.28. The molecule has 0 spiro atoms. The fourth-order valence-electron chi connectivity index (χ4n) is 3.67. The molecule has 0 amide bonds. The molecule has 0 bridgehead atoms. The van der Waals surface area contributed by atoms with E-state index in [2.05, 4.69) is 35.9 Å². The van der Waals surface area contributed by atoms with Crippen molar-refractivity contribution in [2.75, 3.05) is 14.2 Å². The summed E-state index contributed by atoms with van der Waals surface area (Å²) in [5, 5.41) is 16.0. The van der Waals surface area contributed by atoms with Crippen molar-refractivity contribution in [2.24, 2.45) is 0 Å². The van der Waals surface area contributed by atoms with Crippen LogP contribution in [0, 0.1) is 11.3 Å². The van der Waals surface area contributed by atoms with Crippen molar-refractivity contribution in [1.82, 2.24) is 10.6 Å². The molecule has 2 N–H and O–H groups in total. The number of benzene rings is 2. The van der Waals surface area contributed by atoms with E-state index >= 15 is 0 Å². The molecule has 0 heterocycles. The highest BCUT2D eigenvalue weighted by atomic mass is 35.5. The van der Waals surface area contributed by atoms with E-state index < -0.39 is 0 Å². The van der Waals surface area contributed by atoms with Crippen LogP contribution >= 0.6 is 12.4 Å². The minimum atomic E-state index is 0. The molecule has 4 nitrogen and oxygen atoms in total. The van der Waals surface area contributed by atoms with Crippen LogP contribution in [0.1, 0.15) is 36.8 Å². The monoisotopic (exact) mass is 385 g/mol. The molecule has 0 aliphatic heterocycles. The minimum Gasteiger partial charge on any atom is -0.496 e. The van der Waals surface area contributed by atoms with E-state index in [1.54, 1.807) is 7.11 Å². The van der Waals surface area contributed by atoms with Gasteiger partial charge >= 0.3 is 0 Å². The number of nitriles is 1. The highest BCUT2D eigenvalue weighted by Crippen LogP contribution is 2.27. The normalized spacial score (nSPS) is 19.0. The molecule has 1 aliphatic carbocycles. The zero-order chi connectivity index (χ0) is 18.4. The van der Waals surface area contributed by atoms with Crippen LogP contribution in [0.2, 0.25) is 0 Å². The van der Waals surface area contributed by atoms with Gasteiger partial charge < -0.3 is 15.4 Å². The summed E-state index contributed by atoms with van der Waals surface area (Å²) in [4.78, 5) is 0. The van der Waals surface area contributed by atoms with Gasteiger partial charge in [0.05, 0.1) is 18.7 Å². The first-order chi connectivity index (χ1) is 12.7. The van der Waals surface area contributed by atoms with Crippen LogP contribution in [-0.2, 0) is 6.54 Å². The lowest BCUT2D eigenvalue weighted by atomic mass is 9.91. The molecule has 0 unspecified atom stereocenters. The highest BCUT2D eigenvalue weighted by Gasteiger charge is 2.19. The maximum absolute atomic E-state index is 8.96. The zero-order valence-corrected chi connectivity index (χ0v) is 16.8. The smallest absolute Gasteiger partial charge is 0.123 e. The number of nitrogens with zero attached hydrogens (tertiary/aromatic N) is 1. The average Bonchev–Trinajstić information content (AvgIpc) is 2.72. The predicted molar refractivity (Wildman–Crippen MR) is 112 cm³/mol. The first-order valence-electron chi connectivity index (χ1n) is 9.31. The topological polar surface area (TPSA) is 57.1 Å². The molecule has 5 heteroatoms. The van der Waals surface area contributed by atoms with Gasteiger partial charge in [0.15, 0.2) is 0 Å². The molecular weight excluding hydrogens is 358 g/mol. The Balaban J connectivity index is 0.00000261. The Labute approximate surface area is 168 Å². The Kier molecular flexibility index (Phi) is 8.12. The third-order valence-electron chi connectivity index (χ3n) is 5.34.